The van der Waals surface area contributed by atoms with Crippen LogP contribution >= 0.6 is 22.7 Å². The number of hydrogen-bond donors (Lipinski definition) is 2. The molecule has 0 aromatic carbocycles. The summed E-state index contributed by atoms with van der Waals surface area (Å²) in [5, 5.41) is 15.2. The molecule has 6 heteroatoms. The second kappa shape index (κ2) is 7.04. The van der Waals surface area contributed by atoms with E-state index in [0.717, 1.165) is 17.0 Å². The van der Waals surface area contributed by atoms with Crippen LogP contribution in [0.15, 0.2) is 22.3 Å². The van der Waals surface area contributed by atoms with E-state index < -0.39 is 0 Å². The molecule has 1 amide bonds. The van der Waals surface area contributed by atoms with Crippen LogP contribution in [0.2, 0.25) is 0 Å². The fraction of sp³-hybridized carbons (Fsp3) is 0.231. The maximum atomic E-state index is 11.8. The Kier molecular flexibility index (Phi) is 5.10. The molecule has 0 saturated heterocycles. The summed E-state index contributed by atoms with van der Waals surface area (Å²) in [6.45, 7) is 0.392. The zero-order chi connectivity index (χ0) is 13.5. The molecule has 0 spiro atoms. The quantitative estimate of drug-likeness (QED) is 0.840. The summed E-state index contributed by atoms with van der Waals surface area (Å²) in [5.41, 5.74) is 3.37. The van der Waals surface area contributed by atoms with E-state index in [4.69, 9.17) is 5.11 Å². The van der Waals surface area contributed by atoms with Crippen LogP contribution in [0.4, 0.5) is 0 Å². The summed E-state index contributed by atoms with van der Waals surface area (Å²) >= 11 is 2.94. The van der Waals surface area contributed by atoms with E-state index >= 15 is 0 Å². The van der Waals surface area contributed by atoms with Crippen molar-refractivity contribution in [3.05, 3.63) is 38.5 Å². The van der Waals surface area contributed by atoms with E-state index in [0.29, 0.717) is 12.1 Å². The number of nitrogens with one attached hydrogen (secondary N) is 1. The monoisotopic (exact) mass is 292 g/mol. The predicted octanol–water partition coefficient (Wildman–Crippen LogP) is 1.52. The van der Waals surface area contributed by atoms with Crippen LogP contribution in [0.3, 0.4) is 0 Å². The molecule has 2 N–H and O–H groups in total. The molecule has 2 aromatic rings. The van der Waals surface area contributed by atoms with Gasteiger partial charge in [-0.05, 0) is 6.07 Å². The molecule has 0 aliphatic rings. The van der Waals surface area contributed by atoms with Crippen molar-refractivity contribution >= 4 is 28.6 Å². The topological polar surface area (TPSA) is 62.2 Å². The third-order valence-electron chi connectivity index (χ3n) is 2.30. The van der Waals surface area contributed by atoms with Gasteiger partial charge in [-0.25, -0.2) is 4.98 Å². The first-order valence-electron chi connectivity index (χ1n) is 5.63. The summed E-state index contributed by atoms with van der Waals surface area (Å²) in [6.07, 6.45) is 0.733. The van der Waals surface area contributed by atoms with E-state index in [-0.39, 0.29) is 12.5 Å². The number of aliphatic hydroxyl groups excluding tert-OH is 1. The van der Waals surface area contributed by atoms with E-state index in [9.17, 15) is 4.79 Å². The van der Waals surface area contributed by atoms with E-state index in [2.05, 4.69) is 22.1 Å². The number of carbonyl (C=O) groups excluding carboxylic acids is 1. The van der Waals surface area contributed by atoms with Gasteiger partial charge in [0.1, 0.15) is 6.61 Å². The summed E-state index contributed by atoms with van der Waals surface area (Å²) in [7, 11) is 0. The normalized spacial score (nSPS) is 9.74. The highest BCUT2D eigenvalue weighted by Gasteiger charge is 2.07. The van der Waals surface area contributed by atoms with Crippen molar-refractivity contribution in [2.75, 3.05) is 13.2 Å². The molecule has 0 bridgehead atoms. The third kappa shape index (κ3) is 4.17. The van der Waals surface area contributed by atoms with Crippen molar-refractivity contribution in [3.63, 3.8) is 0 Å². The number of carbonyl (C=O) groups is 1. The fourth-order valence-corrected chi connectivity index (χ4v) is 2.76. The molecule has 0 unspecified atom stereocenters. The van der Waals surface area contributed by atoms with Crippen LogP contribution < -0.4 is 5.32 Å². The number of aliphatic hydroxyl groups is 1. The molecule has 0 aliphatic heterocycles. The van der Waals surface area contributed by atoms with Gasteiger partial charge in [0.25, 0.3) is 5.91 Å². The third-order valence-corrected chi connectivity index (χ3v) is 3.78. The summed E-state index contributed by atoms with van der Waals surface area (Å²) < 4.78 is 0. The highest BCUT2D eigenvalue weighted by atomic mass is 32.1. The minimum absolute atomic E-state index is 0.108. The van der Waals surface area contributed by atoms with Crippen LogP contribution in [0.1, 0.15) is 20.9 Å². The molecule has 2 heterocycles. The van der Waals surface area contributed by atoms with Crippen molar-refractivity contribution in [2.45, 2.75) is 6.42 Å². The number of nitrogens with zero attached hydrogens (tertiary/aromatic N) is 1. The van der Waals surface area contributed by atoms with Crippen LogP contribution in [0, 0.1) is 11.8 Å². The molecule has 0 atom stereocenters. The maximum Gasteiger partial charge on any atom is 0.252 e. The maximum absolute atomic E-state index is 11.8. The lowest BCUT2D eigenvalue weighted by Crippen LogP contribution is -2.25. The average Bonchev–Trinajstić information content (AvgIpc) is 3.07. The standard InChI is InChI=1S/C13H12N2O2S2/c16-5-1-2-12-6-10(7-19-12)13(17)14-4-3-11-8-18-9-15-11/h6-9,16H,3-5H2,(H,14,17). The Morgan fingerprint density at radius 2 is 2.37 bits per heavy atom. The zero-order valence-electron chi connectivity index (χ0n) is 10.0. The average molecular weight is 292 g/mol. The number of rotatable bonds is 4. The second-order valence-corrected chi connectivity index (χ2v) is 5.28. The predicted molar refractivity (Wildman–Crippen MR) is 76.4 cm³/mol. The van der Waals surface area contributed by atoms with Gasteiger partial charge in [-0.1, -0.05) is 11.8 Å². The molecular formula is C13H12N2O2S2. The fourth-order valence-electron chi connectivity index (χ4n) is 1.41. The minimum atomic E-state index is -0.174. The number of thiazole rings is 1. The molecular weight excluding hydrogens is 280 g/mol. The largest absolute Gasteiger partial charge is 0.384 e. The summed E-state index contributed by atoms with van der Waals surface area (Å²) in [6, 6.07) is 1.73. The molecule has 19 heavy (non-hydrogen) atoms. The Hall–Kier alpha value is -1.68. The molecule has 2 rings (SSSR count). The van der Waals surface area contributed by atoms with Gasteiger partial charge < -0.3 is 10.4 Å². The number of hydrogen-bond acceptors (Lipinski definition) is 5. The lowest BCUT2D eigenvalue weighted by Gasteiger charge is -2.01. The van der Waals surface area contributed by atoms with Gasteiger partial charge in [-0.2, -0.15) is 0 Å². The molecule has 0 saturated carbocycles. The molecule has 2 aromatic heterocycles. The Morgan fingerprint density at radius 1 is 1.47 bits per heavy atom. The number of aromatic nitrogens is 1. The van der Waals surface area contributed by atoms with Crippen molar-refractivity contribution in [1.29, 1.82) is 0 Å². The highest BCUT2D eigenvalue weighted by Crippen LogP contribution is 2.13. The first-order chi connectivity index (χ1) is 9.29. The molecule has 4 nitrogen and oxygen atoms in total. The van der Waals surface area contributed by atoms with Gasteiger partial charge in [0.05, 0.1) is 21.6 Å². The second-order valence-electron chi connectivity index (χ2n) is 3.65. The molecule has 0 radical (unpaired) electrons. The van der Waals surface area contributed by atoms with Crippen LogP contribution in [-0.2, 0) is 6.42 Å². The van der Waals surface area contributed by atoms with E-state index in [1.165, 1.54) is 11.3 Å². The van der Waals surface area contributed by atoms with Gasteiger partial charge in [-0.3, -0.25) is 4.79 Å². The van der Waals surface area contributed by atoms with Crippen molar-refractivity contribution in [3.8, 4) is 11.8 Å². The lowest BCUT2D eigenvalue weighted by molar-refractivity contribution is 0.0954. The van der Waals surface area contributed by atoms with Gasteiger partial charge in [0.2, 0.25) is 0 Å². The van der Waals surface area contributed by atoms with Crippen LogP contribution in [-0.4, -0.2) is 29.1 Å². The zero-order valence-corrected chi connectivity index (χ0v) is 11.7. The Morgan fingerprint density at radius 3 is 3.11 bits per heavy atom. The van der Waals surface area contributed by atoms with Gasteiger partial charge >= 0.3 is 0 Å². The number of amides is 1. The van der Waals surface area contributed by atoms with E-state index in [1.807, 2.05) is 5.38 Å². The first kappa shape index (κ1) is 13.7. The summed E-state index contributed by atoms with van der Waals surface area (Å²) in [4.78, 5) is 16.8. The number of thiophene rings is 1. The van der Waals surface area contributed by atoms with Gasteiger partial charge in [0.15, 0.2) is 0 Å². The highest BCUT2D eigenvalue weighted by molar-refractivity contribution is 7.10. The lowest BCUT2D eigenvalue weighted by atomic mass is 10.2. The Bertz CT molecular complexity index is 594. The smallest absolute Gasteiger partial charge is 0.252 e. The SMILES string of the molecule is O=C(NCCc1cscn1)c1csc(C#CCO)c1. The minimum Gasteiger partial charge on any atom is -0.384 e. The Labute approximate surface area is 119 Å². The first-order valence-corrected chi connectivity index (χ1v) is 7.45. The van der Waals surface area contributed by atoms with Crippen molar-refractivity contribution < 1.29 is 9.90 Å². The van der Waals surface area contributed by atoms with Crippen molar-refractivity contribution in [2.24, 2.45) is 0 Å². The molecule has 98 valence electrons. The molecule has 0 aliphatic carbocycles. The van der Waals surface area contributed by atoms with Gasteiger partial charge in [-0.15, -0.1) is 22.7 Å². The van der Waals surface area contributed by atoms with Crippen LogP contribution in [0.5, 0.6) is 0 Å². The van der Waals surface area contributed by atoms with Gasteiger partial charge in [0, 0.05) is 23.7 Å². The summed E-state index contributed by atoms with van der Waals surface area (Å²) in [5.74, 6) is 5.23. The molecule has 0 fully saturated rings. The van der Waals surface area contributed by atoms with Crippen LogP contribution in [0.25, 0.3) is 0 Å². The van der Waals surface area contributed by atoms with Crippen molar-refractivity contribution in [1.82, 2.24) is 10.3 Å². The van der Waals surface area contributed by atoms with E-state index in [1.54, 1.807) is 28.3 Å². The Balaban J connectivity index is 1.84.